The van der Waals surface area contributed by atoms with Crippen molar-refractivity contribution in [1.82, 2.24) is 4.57 Å². The third-order valence-electron chi connectivity index (χ3n) is 3.71. The second-order valence-electron chi connectivity index (χ2n) is 4.79. The lowest BCUT2D eigenvalue weighted by Gasteiger charge is -2.08. The van der Waals surface area contributed by atoms with Crippen LogP contribution in [0.5, 0.6) is 0 Å². The number of hydrogen-bond donors (Lipinski definition) is 0. The molecule has 3 rings (SSSR count). The zero-order chi connectivity index (χ0) is 12.5. The van der Waals surface area contributed by atoms with Crippen molar-refractivity contribution in [3.63, 3.8) is 0 Å². The number of nitrogens with zero attached hydrogens (tertiary/aromatic N) is 1. The van der Waals surface area contributed by atoms with Crippen molar-refractivity contribution in [1.29, 1.82) is 0 Å². The Bertz CT molecular complexity index is 563. The second-order valence-corrected chi connectivity index (χ2v) is 4.79. The average molecular weight is 241 g/mol. The molecule has 1 aromatic heterocycles. The quantitative estimate of drug-likeness (QED) is 0.602. The normalized spacial score (nSPS) is 21.6. The minimum absolute atomic E-state index is 0.0394. The number of rotatable bonds is 3. The third kappa shape index (κ3) is 1.67. The molecule has 2 heterocycles. The van der Waals surface area contributed by atoms with Crippen LogP contribution in [0.15, 0.2) is 35.9 Å². The summed E-state index contributed by atoms with van der Waals surface area (Å²) in [4.78, 5) is 23.3. The van der Waals surface area contributed by atoms with Crippen molar-refractivity contribution in [2.45, 2.75) is 31.7 Å². The first kappa shape index (κ1) is 11.2. The molecule has 0 N–H and O–H groups in total. The average Bonchev–Trinajstić information content (AvgIpc) is 2.99. The summed E-state index contributed by atoms with van der Waals surface area (Å²) in [6.07, 6.45) is 9.67. The molecule has 0 saturated heterocycles. The van der Waals surface area contributed by atoms with E-state index < -0.39 is 0 Å². The minimum Gasteiger partial charge on any atom is -0.341 e. The van der Waals surface area contributed by atoms with Gasteiger partial charge in [-0.1, -0.05) is 18.2 Å². The first-order chi connectivity index (χ1) is 8.81. The molecule has 1 atom stereocenters. The number of carbonyl (C=O) groups is 2. The Morgan fingerprint density at radius 3 is 2.94 bits per heavy atom. The van der Waals surface area contributed by atoms with E-state index in [1.165, 1.54) is 0 Å². The van der Waals surface area contributed by atoms with Crippen molar-refractivity contribution in [3.05, 3.63) is 47.3 Å². The lowest BCUT2D eigenvalue weighted by molar-refractivity contribution is -0.109. The van der Waals surface area contributed by atoms with Crippen molar-refractivity contribution in [2.24, 2.45) is 0 Å². The van der Waals surface area contributed by atoms with Crippen LogP contribution in [0, 0.1) is 0 Å². The van der Waals surface area contributed by atoms with Gasteiger partial charge in [0.1, 0.15) is 6.29 Å². The molecule has 1 aliphatic heterocycles. The molecule has 92 valence electrons. The first-order valence-corrected chi connectivity index (χ1v) is 6.37. The van der Waals surface area contributed by atoms with Gasteiger partial charge in [-0.05, 0) is 31.4 Å². The molecule has 0 spiro atoms. The van der Waals surface area contributed by atoms with Crippen molar-refractivity contribution in [2.75, 3.05) is 0 Å². The summed E-state index contributed by atoms with van der Waals surface area (Å²) in [5, 5.41) is 0. The van der Waals surface area contributed by atoms with Crippen LogP contribution in [-0.4, -0.2) is 16.6 Å². The highest BCUT2D eigenvalue weighted by atomic mass is 16.1. The Balaban J connectivity index is 1.94. The van der Waals surface area contributed by atoms with Crippen LogP contribution >= 0.6 is 0 Å². The van der Waals surface area contributed by atoms with Gasteiger partial charge >= 0.3 is 0 Å². The van der Waals surface area contributed by atoms with Gasteiger partial charge in [-0.2, -0.15) is 0 Å². The van der Waals surface area contributed by atoms with Gasteiger partial charge in [0, 0.05) is 17.8 Å². The lowest BCUT2D eigenvalue weighted by atomic mass is 10.0. The number of allylic oxidation sites excluding steroid dienone is 4. The van der Waals surface area contributed by atoms with E-state index >= 15 is 0 Å². The van der Waals surface area contributed by atoms with E-state index in [0.717, 1.165) is 43.4 Å². The fourth-order valence-electron chi connectivity index (χ4n) is 2.74. The standard InChI is InChI=1S/C15H15NO2/c17-10-12-8-9-16-13(12)6-7-14(16)15(18)11-4-2-1-3-5-11/h2,4-7,10,12H,1,3,8-9H2. The summed E-state index contributed by atoms with van der Waals surface area (Å²) in [6.45, 7) is 0.768. The van der Waals surface area contributed by atoms with Gasteiger partial charge in [-0.15, -0.1) is 0 Å². The smallest absolute Gasteiger partial charge is 0.209 e. The van der Waals surface area contributed by atoms with Crippen LogP contribution < -0.4 is 0 Å². The van der Waals surface area contributed by atoms with Crippen LogP contribution in [-0.2, 0) is 11.3 Å². The molecule has 3 nitrogen and oxygen atoms in total. The molecular weight excluding hydrogens is 226 g/mol. The van der Waals surface area contributed by atoms with Gasteiger partial charge in [0.15, 0.2) is 0 Å². The monoisotopic (exact) mass is 241 g/mol. The number of aromatic nitrogens is 1. The van der Waals surface area contributed by atoms with Crippen LogP contribution in [0.4, 0.5) is 0 Å². The van der Waals surface area contributed by atoms with Gasteiger partial charge in [-0.25, -0.2) is 0 Å². The topological polar surface area (TPSA) is 39.1 Å². The van der Waals surface area contributed by atoms with Crippen LogP contribution in [0.2, 0.25) is 0 Å². The number of ketones is 1. The fourth-order valence-corrected chi connectivity index (χ4v) is 2.74. The maximum atomic E-state index is 12.4. The maximum absolute atomic E-state index is 12.4. The highest BCUT2D eigenvalue weighted by molar-refractivity contribution is 6.09. The maximum Gasteiger partial charge on any atom is 0.209 e. The SMILES string of the molecule is O=CC1CCn2c(C(=O)C3=CCCC=C3)ccc21. The molecule has 1 unspecified atom stereocenters. The molecule has 0 aromatic carbocycles. The predicted molar refractivity (Wildman–Crippen MR) is 68.6 cm³/mol. The van der Waals surface area contributed by atoms with Crippen LogP contribution in [0.25, 0.3) is 0 Å². The Labute approximate surface area is 106 Å². The summed E-state index contributed by atoms with van der Waals surface area (Å²) < 4.78 is 1.99. The van der Waals surface area contributed by atoms with Crippen LogP contribution in [0.1, 0.15) is 41.4 Å². The molecule has 0 bridgehead atoms. The van der Waals surface area contributed by atoms with Crippen LogP contribution in [0.3, 0.4) is 0 Å². The molecule has 1 aromatic rings. The Morgan fingerprint density at radius 2 is 2.22 bits per heavy atom. The van der Waals surface area contributed by atoms with Crippen molar-refractivity contribution < 1.29 is 9.59 Å². The van der Waals surface area contributed by atoms with E-state index in [9.17, 15) is 9.59 Å². The van der Waals surface area contributed by atoms with Crippen molar-refractivity contribution in [3.8, 4) is 0 Å². The Hall–Kier alpha value is -1.90. The number of aldehydes is 1. The van der Waals surface area contributed by atoms with Gasteiger partial charge in [0.2, 0.25) is 5.78 Å². The Kier molecular flexibility index (Phi) is 2.74. The zero-order valence-corrected chi connectivity index (χ0v) is 10.1. The summed E-state index contributed by atoms with van der Waals surface area (Å²) in [7, 11) is 0. The lowest BCUT2D eigenvalue weighted by Crippen LogP contribution is -2.10. The third-order valence-corrected chi connectivity index (χ3v) is 3.71. The number of fused-ring (bicyclic) bond motifs is 1. The molecule has 1 aliphatic carbocycles. The molecule has 0 saturated carbocycles. The summed E-state index contributed by atoms with van der Waals surface area (Å²) in [6, 6.07) is 3.75. The van der Waals surface area contributed by atoms with Gasteiger partial charge in [-0.3, -0.25) is 4.79 Å². The van der Waals surface area contributed by atoms with E-state index in [4.69, 9.17) is 0 Å². The van der Waals surface area contributed by atoms with Gasteiger partial charge in [0.05, 0.1) is 11.6 Å². The molecule has 0 amide bonds. The number of hydrogen-bond acceptors (Lipinski definition) is 2. The molecule has 0 radical (unpaired) electrons. The fraction of sp³-hybridized carbons (Fsp3) is 0.333. The largest absolute Gasteiger partial charge is 0.341 e. The molecule has 0 fully saturated rings. The Morgan fingerprint density at radius 1 is 1.33 bits per heavy atom. The van der Waals surface area contributed by atoms with E-state index in [1.54, 1.807) is 0 Å². The highest BCUT2D eigenvalue weighted by Crippen LogP contribution is 2.30. The molecule has 2 aliphatic rings. The van der Waals surface area contributed by atoms with Gasteiger partial charge < -0.3 is 9.36 Å². The van der Waals surface area contributed by atoms with Gasteiger partial charge in [0.25, 0.3) is 0 Å². The van der Waals surface area contributed by atoms with E-state index in [1.807, 2.05) is 34.9 Å². The second kappa shape index (κ2) is 4.41. The van der Waals surface area contributed by atoms with E-state index in [-0.39, 0.29) is 11.7 Å². The van der Waals surface area contributed by atoms with Crippen molar-refractivity contribution >= 4 is 12.1 Å². The molecule has 3 heteroatoms. The summed E-state index contributed by atoms with van der Waals surface area (Å²) in [5.74, 6) is 0.0335. The first-order valence-electron chi connectivity index (χ1n) is 6.37. The van der Waals surface area contributed by atoms with E-state index in [2.05, 4.69) is 0 Å². The predicted octanol–water partition coefficient (Wildman–Crippen LogP) is 2.63. The molecule has 18 heavy (non-hydrogen) atoms. The summed E-state index contributed by atoms with van der Waals surface area (Å²) in [5.41, 5.74) is 2.47. The number of carbonyl (C=O) groups excluding carboxylic acids is 2. The number of Topliss-reactive ketones (excluding diaryl/α,β-unsaturated/α-hetero) is 1. The summed E-state index contributed by atoms with van der Waals surface area (Å²) >= 11 is 0. The minimum atomic E-state index is -0.0394. The van der Waals surface area contributed by atoms with E-state index in [0.29, 0.717) is 5.69 Å². The molecular formula is C15H15NO2. The highest BCUT2D eigenvalue weighted by Gasteiger charge is 2.27. The zero-order valence-electron chi connectivity index (χ0n) is 10.1.